The summed E-state index contributed by atoms with van der Waals surface area (Å²) in [5, 5.41) is 0. The van der Waals surface area contributed by atoms with E-state index in [1.165, 1.54) is 0 Å². The molecule has 1 aromatic rings. The Hall–Kier alpha value is -1.30. The smallest absolute Gasteiger partial charge is 0.335 e. The van der Waals surface area contributed by atoms with Gasteiger partial charge in [0.25, 0.3) is 0 Å². The Balaban J connectivity index is 2.36. The fourth-order valence-corrected chi connectivity index (χ4v) is 2.81. The summed E-state index contributed by atoms with van der Waals surface area (Å²) < 4.78 is 0. The van der Waals surface area contributed by atoms with Crippen molar-refractivity contribution in [2.45, 2.75) is 31.9 Å². The number of benzene rings is 1. The molecule has 2 N–H and O–H groups in total. The fourth-order valence-electron chi connectivity index (χ4n) is 1.55. The molecule has 5 heteroatoms. The lowest BCUT2D eigenvalue weighted by atomic mass is 10.2. The lowest BCUT2D eigenvalue weighted by Crippen LogP contribution is -2.38. The lowest BCUT2D eigenvalue weighted by molar-refractivity contribution is 0.112. The topological polar surface area (TPSA) is 69.9 Å². The van der Waals surface area contributed by atoms with Crippen LogP contribution in [-0.2, 0) is 0 Å². The van der Waals surface area contributed by atoms with Gasteiger partial charge < -0.3 is 9.59 Å². The van der Waals surface area contributed by atoms with E-state index in [-0.39, 0.29) is 5.54 Å². The van der Waals surface area contributed by atoms with Crippen molar-refractivity contribution in [3.8, 4) is 0 Å². The second-order valence-corrected chi connectivity index (χ2v) is 8.37. The molecule has 1 rings (SSSR count). The van der Waals surface area contributed by atoms with Crippen molar-refractivity contribution in [2.24, 2.45) is 4.99 Å². The first-order valence-electron chi connectivity index (χ1n) is 6.45. The largest absolute Gasteiger partial charge is 0.410 e. The van der Waals surface area contributed by atoms with Gasteiger partial charge in [-0.25, -0.2) is 0 Å². The SMILES string of the molecule is CC(C)[Si](O)(O)CCCN=Cc1ccc(C=O)cc1. The number of aldehydes is 1. The van der Waals surface area contributed by atoms with E-state index >= 15 is 0 Å². The maximum absolute atomic E-state index is 10.5. The van der Waals surface area contributed by atoms with Crippen molar-refractivity contribution >= 4 is 21.1 Å². The van der Waals surface area contributed by atoms with Crippen LogP contribution in [0.2, 0.25) is 11.6 Å². The maximum atomic E-state index is 10.5. The van der Waals surface area contributed by atoms with Crippen molar-refractivity contribution < 1.29 is 14.4 Å². The monoisotopic (exact) mass is 279 g/mol. The van der Waals surface area contributed by atoms with E-state index in [2.05, 4.69) is 4.99 Å². The van der Waals surface area contributed by atoms with Crippen molar-refractivity contribution in [1.29, 1.82) is 0 Å². The first-order chi connectivity index (χ1) is 8.95. The summed E-state index contributed by atoms with van der Waals surface area (Å²) in [6, 6.07) is 7.60. The van der Waals surface area contributed by atoms with Crippen LogP contribution >= 0.6 is 0 Å². The highest BCUT2D eigenvalue weighted by Gasteiger charge is 2.32. The van der Waals surface area contributed by atoms with Crippen LogP contribution in [0.15, 0.2) is 29.3 Å². The molecule has 0 atom stereocenters. The predicted octanol–water partition coefficient (Wildman–Crippen LogP) is 2.14. The molecule has 0 aliphatic heterocycles. The molecule has 4 nitrogen and oxygen atoms in total. The highest BCUT2D eigenvalue weighted by Crippen LogP contribution is 2.20. The quantitative estimate of drug-likeness (QED) is 0.348. The molecule has 0 bridgehead atoms. The lowest BCUT2D eigenvalue weighted by Gasteiger charge is -2.21. The maximum Gasteiger partial charge on any atom is 0.335 e. The van der Waals surface area contributed by atoms with Gasteiger partial charge in [0.1, 0.15) is 6.29 Å². The zero-order valence-electron chi connectivity index (χ0n) is 11.4. The van der Waals surface area contributed by atoms with Crippen molar-refractivity contribution in [3.63, 3.8) is 0 Å². The third kappa shape index (κ3) is 5.46. The van der Waals surface area contributed by atoms with Gasteiger partial charge >= 0.3 is 8.56 Å². The summed E-state index contributed by atoms with van der Waals surface area (Å²) in [6.07, 6.45) is 3.22. The van der Waals surface area contributed by atoms with Crippen LogP contribution < -0.4 is 0 Å². The fraction of sp³-hybridized carbons (Fsp3) is 0.429. The average molecular weight is 279 g/mol. The highest BCUT2D eigenvalue weighted by molar-refractivity contribution is 6.66. The molecule has 19 heavy (non-hydrogen) atoms. The number of aliphatic imine (C=N–C) groups is 1. The summed E-state index contributed by atoms with van der Waals surface area (Å²) in [6.45, 7) is 4.26. The molecule has 0 heterocycles. The van der Waals surface area contributed by atoms with Gasteiger partial charge in [-0.1, -0.05) is 38.1 Å². The van der Waals surface area contributed by atoms with Gasteiger partial charge in [0.2, 0.25) is 0 Å². The summed E-state index contributed by atoms with van der Waals surface area (Å²) in [7, 11) is -3.04. The van der Waals surface area contributed by atoms with Gasteiger partial charge in [0.15, 0.2) is 0 Å². The molecule has 1 aromatic carbocycles. The van der Waals surface area contributed by atoms with Crippen LogP contribution in [0, 0.1) is 0 Å². The third-order valence-corrected chi connectivity index (χ3v) is 6.01. The molecule has 0 spiro atoms. The van der Waals surface area contributed by atoms with Gasteiger partial charge in [0, 0.05) is 18.3 Å². The Kier molecular flexibility index (Phi) is 6.07. The number of nitrogens with zero attached hydrogens (tertiary/aromatic N) is 1. The van der Waals surface area contributed by atoms with Crippen molar-refractivity contribution in [2.75, 3.05) is 6.54 Å². The van der Waals surface area contributed by atoms with Gasteiger partial charge in [-0.05, 0) is 23.6 Å². The van der Waals surface area contributed by atoms with Crippen LogP contribution in [-0.4, -0.2) is 37.2 Å². The average Bonchev–Trinajstić information content (AvgIpc) is 2.38. The minimum absolute atomic E-state index is 0.0487. The molecular formula is C14H21NO3Si. The standard InChI is InChI=1S/C14H21NO3Si/c1-12(2)19(17,18)9-3-8-15-10-13-4-6-14(11-16)7-5-13/h4-7,10-12,17-18H,3,8-9H2,1-2H3. The Labute approximate surface area is 115 Å². The number of rotatable bonds is 7. The van der Waals surface area contributed by atoms with Gasteiger partial charge in [-0.2, -0.15) is 0 Å². The minimum atomic E-state index is -3.04. The van der Waals surface area contributed by atoms with Crippen molar-refractivity contribution in [3.05, 3.63) is 35.4 Å². The molecule has 0 amide bonds. The molecule has 0 unspecified atom stereocenters. The molecule has 0 radical (unpaired) electrons. The molecule has 0 saturated heterocycles. The predicted molar refractivity (Wildman–Crippen MR) is 79.0 cm³/mol. The summed E-state index contributed by atoms with van der Waals surface area (Å²) in [5.41, 5.74) is 1.53. The molecule has 0 aromatic heterocycles. The number of carbonyl (C=O) groups excluding carboxylic acids is 1. The molecule has 104 valence electrons. The summed E-state index contributed by atoms with van der Waals surface area (Å²) in [4.78, 5) is 34.3. The molecule has 0 fully saturated rings. The van der Waals surface area contributed by atoms with Crippen LogP contribution in [0.1, 0.15) is 36.2 Å². The Morgan fingerprint density at radius 3 is 2.32 bits per heavy atom. The Bertz CT molecular complexity index is 427. The van der Waals surface area contributed by atoms with Gasteiger partial charge in [-0.15, -0.1) is 0 Å². The summed E-state index contributed by atoms with van der Waals surface area (Å²) in [5.74, 6) is 0. The van der Waals surface area contributed by atoms with E-state index in [4.69, 9.17) is 0 Å². The van der Waals surface area contributed by atoms with Crippen LogP contribution in [0.3, 0.4) is 0 Å². The van der Waals surface area contributed by atoms with E-state index in [0.717, 1.165) is 11.8 Å². The van der Waals surface area contributed by atoms with E-state index in [1.54, 1.807) is 18.3 Å². The second kappa shape index (κ2) is 7.33. The minimum Gasteiger partial charge on any atom is -0.410 e. The van der Waals surface area contributed by atoms with Crippen LogP contribution in [0.25, 0.3) is 0 Å². The number of hydrogen-bond acceptors (Lipinski definition) is 4. The first kappa shape index (κ1) is 15.8. The summed E-state index contributed by atoms with van der Waals surface area (Å²) >= 11 is 0. The van der Waals surface area contributed by atoms with E-state index in [0.29, 0.717) is 24.6 Å². The van der Waals surface area contributed by atoms with E-state index in [9.17, 15) is 14.4 Å². The third-order valence-electron chi connectivity index (χ3n) is 3.07. The van der Waals surface area contributed by atoms with Gasteiger partial charge in [0.05, 0.1) is 0 Å². The van der Waals surface area contributed by atoms with Gasteiger partial charge in [-0.3, -0.25) is 9.79 Å². The molecule has 0 aliphatic carbocycles. The Morgan fingerprint density at radius 2 is 1.79 bits per heavy atom. The van der Waals surface area contributed by atoms with Crippen LogP contribution in [0.5, 0.6) is 0 Å². The highest BCUT2D eigenvalue weighted by atomic mass is 28.4. The second-order valence-electron chi connectivity index (χ2n) is 4.96. The Morgan fingerprint density at radius 1 is 1.21 bits per heavy atom. The molecule has 0 saturated carbocycles. The number of hydrogen-bond donors (Lipinski definition) is 2. The molecular weight excluding hydrogens is 258 g/mol. The van der Waals surface area contributed by atoms with Crippen LogP contribution in [0.4, 0.5) is 0 Å². The first-order valence-corrected chi connectivity index (χ1v) is 8.63. The normalized spacial score (nSPS) is 12.3. The van der Waals surface area contributed by atoms with E-state index < -0.39 is 8.56 Å². The zero-order chi connectivity index (χ0) is 14.3. The number of carbonyl (C=O) groups is 1. The van der Waals surface area contributed by atoms with Crippen molar-refractivity contribution in [1.82, 2.24) is 0 Å². The van der Waals surface area contributed by atoms with E-state index in [1.807, 2.05) is 26.0 Å². The molecule has 0 aliphatic rings. The zero-order valence-corrected chi connectivity index (χ0v) is 12.4.